The van der Waals surface area contributed by atoms with Crippen LogP contribution in [-0.4, -0.2) is 61.0 Å². The van der Waals surface area contributed by atoms with Gasteiger partial charge in [0.25, 0.3) is 0 Å². The number of nitrogens with zero attached hydrogens (tertiary/aromatic N) is 3. The highest BCUT2D eigenvalue weighted by Crippen LogP contribution is 2.09. The Morgan fingerprint density at radius 1 is 1.26 bits per heavy atom. The molecule has 1 rings (SSSR count). The van der Waals surface area contributed by atoms with Crippen LogP contribution in [0.1, 0.15) is 33.1 Å². The Balaban J connectivity index is 2.73. The van der Waals surface area contributed by atoms with Crippen molar-refractivity contribution in [2.75, 3.05) is 33.8 Å². The highest BCUT2D eigenvalue weighted by atomic mass is 16.7. The molecule has 0 saturated carbocycles. The molecule has 0 spiro atoms. The van der Waals surface area contributed by atoms with Gasteiger partial charge in [-0.1, -0.05) is 12.1 Å². The van der Waals surface area contributed by atoms with Crippen molar-refractivity contribution >= 4 is 17.7 Å². The van der Waals surface area contributed by atoms with Crippen molar-refractivity contribution in [1.29, 1.82) is 0 Å². The Kier molecular flexibility index (Phi) is 6.32. The zero-order valence-corrected chi connectivity index (χ0v) is 12.3. The lowest BCUT2D eigenvalue weighted by Gasteiger charge is -2.11. The van der Waals surface area contributed by atoms with E-state index in [2.05, 4.69) is 10.1 Å². The maximum atomic E-state index is 11.6. The van der Waals surface area contributed by atoms with Crippen LogP contribution in [0.2, 0.25) is 0 Å². The summed E-state index contributed by atoms with van der Waals surface area (Å²) in [5.41, 5.74) is 0.306. The average molecular weight is 270 g/mol. The maximum Gasteiger partial charge on any atom is 0.472 e. The molecule has 1 saturated heterocycles. The molecule has 1 heterocycles. The second kappa shape index (κ2) is 7.76. The SMILES string of the molecule is CCOC(=O)/C(CC)=N/OC(N1CCCC1)=[N+](C)C. The van der Waals surface area contributed by atoms with Gasteiger partial charge in [-0.25, -0.2) is 14.3 Å². The smallest absolute Gasteiger partial charge is 0.461 e. The van der Waals surface area contributed by atoms with Crippen LogP contribution in [0.4, 0.5) is 0 Å². The Labute approximate surface area is 114 Å². The van der Waals surface area contributed by atoms with Gasteiger partial charge in [0.15, 0.2) is 5.71 Å². The average Bonchev–Trinajstić information content (AvgIpc) is 2.88. The summed E-state index contributed by atoms with van der Waals surface area (Å²) in [7, 11) is 3.80. The van der Waals surface area contributed by atoms with Crippen molar-refractivity contribution in [3.8, 4) is 0 Å². The fraction of sp³-hybridized carbons (Fsp3) is 0.769. The molecule has 0 unspecified atom stereocenters. The third kappa shape index (κ3) is 4.54. The highest BCUT2D eigenvalue weighted by Gasteiger charge is 2.27. The number of hydrogen-bond acceptors (Lipinski definition) is 4. The minimum Gasteiger partial charge on any atom is -0.461 e. The van der Waals surface area contributed by atoms with Gasteiger partial charge in [-0.15, -0.1) is 0 Å². The number of rotatable bonds is 4. The number of carbonyl (C=O) groups is 1. The van der Waals surface area contributed by atoms with Gasteiger partial charge < -0.3 is 4.74 Å². The van der Waals surface area contributed by atoms with Crippen molar-refractivity contribution < 1.29 is 18.9 Å². The predicted molar refractivity (Wildman–Crippen MR) is 73.4 cm³/mol. The highest BCUT2D eigenvalue weighted by molar-refractivity contribution is 6.36. The molecule has 19 heavy (non-hydrogen) atoms. The largest absolute Gasteiger partial charge is 0.472 e. The first-order chi connectivity index (χ1) is 9.10. The second-order valence-electron chi connectivity index (χ2n) is 4.57. The Morgan fingerprint density at radius 3 is 2.37 bits per heavy atom. The fourth-order valence-corrected chi connectivity index (χ4v) is 1.89. The van der Waals surface area contributed by atoms with Crippen LogP contribution in [0.3, 0.4) is 0 Å². The summed E-state index contributed by atoms with van der Waals surface area (Å²) < 4.78 is 6.80. The van der Waals surface area contributed by atoms with E-state index in [0.29, 0.717) is 24.8 Å². The molecule has 6 nitrogen and oxygen atoms in total. The number of esters is 1. The van der Waals surface area contributed by atoms with Crippen LogP contribution in [0.25, 0.3) is 0 Å². The lowest BCUT2D eigenvalue weighted by Crippen LogP contribution is -2.35. The van der Waals surface area contributed by atoms with Crippen molar-refractivity contribution in [3.05, 3.63) is 0 Å². The molecule has 1 aliphatic rings. The van der Waals surface area contributed by atoms with Crippen LogP contribution in [-0.2, 0) is 14.4 Å². The van der Waals surface area contributed by atoms with Gasteiger partial charge in [-0.3, -0.25) is 4.84 Å². The third-order valence-corrected chi connectivity index (χ3v) is 2.84. The van der Waals surface area contributed by atoms with Gasteiger partial charge in [0, 0.05) is 0 Å². The lowest BCUT2D eigenvalue weighted by atomic mass is 10.3. The van der Waals surface area contributed by atoms with E-state index in [-0.39, 0.29) is 0 Å². The van der Waals surface area contributed by atoms with Gasteiger partial charge in [-0.2, -0.15) is 0 Å². The van der Waals surface area contributed by atoms with Crippen LogP contribution in [0.5, 0.6) is 0 Å². The summed E-state index contributed by atoms with van der Waals surface area (Å²) in [6.07, 6.45) is 2.80. The van der Waals surface area contributed by atoms with Crippen LogP contribution in [0.15, 0.2) is 5.16 Å². The summed E-state index contributed by atoms with van der Waals surface area (Å²) >= 11 is 0. The third-order valence-electron chi connectivity index (χ3n) is 2.84. The Morgan fingerprint density at radius 2 is 1.89 bits per heavy atom. The lowest BCUT2D eigenvalue weighted by molar-refractivity contribution is -0.481. The second-order valence-corrected chi connectivity index (χ2v) is 4.57. The van der Waals surface area contributed by atoms with Crippen LogP contribution >= 0.6 is 0 Å². The van der Waals surface area contributed by atoms with Crippen molar-refractivity contribution in [2.24, 2.45) is 5.16 Å². The molecular weight excluding hydrogens is 246 g/mol. The van der Waals surface area contributed by atoms with Crippen LogP contribution < -0.4 is 0 Å². The van der Waals surface area contributed by atoms with E-state index in [9.17, 15) is 4.79 Å². The van der Waals surface area contributed by atoms with Gasteiger partial charge in [-0.05, 0) is 26.2 Å². The minimum atomic E-state index is -0.412. The van der Waals surface area contributed by atoms with Gasteiger partial charge in [0.1, 0.15) is 0 Å². The molecule has 0 aliphatic carbocycles. The van der Waals surface area contributed by atoms with E-state index in [1.807, 2.05) is 25.6 Å². The summed E-state index contributed by atoms with van der Waals surface area (Å²) in [4.78, 5) is 19.2. The molecular formula is C13H24N3O3+. The molecule has 0 aromatic carbocycles. The Bertz CT molecular complexity index is 367. The fourth-order valence-electron chi connectivity index (χ4n) is 1.89. The predicted octanol–water partition coefficient (Wildman–Crippen LogP) is 1.06. The summed E-state index contributed by atoms with van der Waals surface area (Å²) in [5, 5.41) is 3.95. The molecule has 108 valence electrons. The minimum absolute atomic E-state index is 0.306. The van der Waals surface area contributed by atoms with Crippen molar-refractivity contribution in [3.63, 3.8) is 0 Å². The number of carbonyl (C=O) groups excluding carboxylic acids is 1. The van der Waals surface area contributed by atoms with Gasteiger partial charge in [0.05, 0.1) is 33.8 Å². The van der Waals surface area contributed by atoms with Crippen molar-refractivity contribution in [1.82, 2.24) is 4.90 Å². The topological polar surface area (TPSA) is 54.1 Å². The first kappa shape index (κ1) is 15.5. The molecule has 0 aromatic rings. The number of ether oxygens (including phenoxy) is 1. The number of hydrogen-bond donors (Lipinski definition) is 0. The molecule has 0 atom stereocenters. The Hall–Kier alpha value is -1.59. The first-order valence-electron chi connectivity index (χ1n) is 6.80. The van der Waals surface area contributed by atoms with E-state index in [4.69, 9.17) is 9.57 Å². The van der Waals surface area contributed by atoms with Gasteiger partial charge in [0.2, 0.25) is 0 Å². The standard InChI is InChI=1S/C13H24N3O3/c1-5-11(12(17)18-6-2)14-19-13(15(3)4)16-9-7-8-10-16/h5-10H2,1-4H3/q+1/b14-11+. The summed E-state index contributed by atoms with van der Waals surface area (Å²) in [6.45, 7) is 5.89. The summed E-state index contributed by atoms with van der Waals surface area (Å²) in [5.74, 6) is -0.412. The number of amidine groups is 1. The quantitative estimate of drug-likeness (QED) is 0.252. The first-order valence-corrected chi connectivity index (χ1v) is 6.80. The maximum absolute atomic E-state index is 11.6. The van der Waals surface area contributed by atoms with Gasteiger partial charge >= 0.3 is 12.0 Å². The molecule has 1 aliphatic heterocycles. The zero-order chi connectivity index (χ0) is 14.3. The summed E-state index contributed by atoms with van der Waals surface area (Å²) in [6, 6.07) is 0.674. The van der Waals surface area contributed by atoms with E-state index in [1.165, 1.54) is 0 Å². The molecule has 0 radical (unpaired) electrons. The van der Waals surface area contributed by atoms with E-state index >= 15 is 0 Å². The molecule has 1 fully saturated rings. The normalized spacial score (nSPS) is 15.4. The monoisotopic (exact) mass is 270 g/mol. The molecule has 6 heteroatoms. The number of oxime groups is 1. The molecule has 0 bridgehead atoms. The molecule has 0 amide bonds. The molecule has 0 aromatic heterocycles. The van der Waals surface area contributed by atoms with Crippen molar-refractivity contribution in [2.45, 2.75) is 33.1 Å². The van der Waals surface area contributed by atoms with E-state index in [1.54, 1.807) is 6.92 Å². The van der Waals surface area contributed by atoms with Crippen LogP contribution in [0, 0.1) is 0 Å². The van der Waals surface area contributed by atoms with E-state index in [0.717, 1.165) is 25.9 Å². The zero-order valence-electron chi connectivity index (χ0n) is 12.3. The molecule has 0 N–H and O–H groups in total. The van der Waals surface area contributed by atoms with E-state index < -0.39 is 5.97 Å². The number of likely N-dealkylation sites (tertiary alicyclic amines) is 1.